The zero-order valence-electron chi connectivity index (χ0n) is 74.4. The molecule has 19 atom stereocenters. The van der Waals surface area contributed by atoms with E-state index in [0.717, 1.165) is 68.8 Å². The predicted molar refractivity (Wildman–Crippen MR) is 486 cm³/mol. The fraction of sp³-hybridized carbons (Fsp3) is 0.607. The number of nitrogens with zero attached hydrogens (tertiary/aromatic N) is 1. The van der Waals surface area contributed by atoms with Gasteiger partial charge in [-0.25, -0.2) is 9.59 Å². The van der Waals surface area contributed by atoms with Gasteiger partial charge in [-0.2, -0.15) is 16.7 Å². The highest BCUT2D eigenvalue weighted by Gasteiger charge is 2.39. The summed E-state index contributed by atoms with van der Waals surface area (Å²) < 4.78 is 5.21. The molecule has 1 unspecified atom stereocenters. The van der Waals surface area contributed by atoms with E-state index in [4.69, 9.17) is 10.5 Å². The molecule has 0 fully saturated rings. The summed E-state index contributed by atoms with van der Waals surface area (Å²) in [5, 5.41) is 213. The smallest absolute Gasteiger partial charge is 0.327 e. The van der Waals surface area contributed by atoms with Crippen molar-refractivity contribution >= 4 is 139 Å². The summed E-state index contributed by atoms with van der Waals surface area (Å²) in [5.74, 6) is -19.3. The number of rotatable bonds is 69. The maximum atomic E-state index is 14.9. The van der Waals surface area contributed by atoms with E-state index in [1.165, 1.54) is 11.8 Å². The van der Waals surface area contributed by atoms with Crippen molar-refractivity contribution in [2.75, 3.05) is 74.8 Å². The fourth-order valence-corrected chi connectivity index (χ4v) is 16.9. The average molecular weight is 2000 g/mol. The third-order valence-corrected chi connectivity index (χ3v) is 25.2. The lowest BCUT2D eigenvalue weighted by molar-refractivity contribution is -0.145. The lowest BCUT2D eigenvalue weighted by atomic mass is 9.99. The molecule has 1 aliphatic rings. The van der Waals surface area contributed by atoms with Crippen LogP contribution in [0.15, 0.2) is 59.4 Å². The lowest BCUT2D eigenvalue weighted by Crippen LogP contribution is -2.60. The topological polar surface area (TPSA) is 858 Å². The number of ether oxygens (including phenoxy) is 1. The number of nitrogen functional groups attached to an aromatic ring is 1. The van der Waals surface area contributed by atoms with E-state index < -0.39 is 320 Å². The fourth-order valence-electron chi connectivity index (χ4n) is 13.9. The number of nitrogens with one attached hydrogen (secondary N) is 12. The summed E-state index contributed by atoms with van der Waals surface area (Å²) in [7, 11) is 1.68. The first-order chi connectivity index (χ1) is 65.0. The Bertz CT molecular complexity index is 4650. The maximum absolute atomic E-state index is 14.9. The summed E-state index contributed by atoms with van der Waals surface area (Å²) in [6.07, 6.45) is -31.1. The van der Waals surface area contributed by atoms with Crippen molar-refractivity contribution in [1.29, 1.82) is 0 Å². The summed E-state index contributed by atoms with van der Waals surface area (Å²) in [6.45, 7) is -6.21. The zero-order valence-corrected chi connectivity index (χ0v) is 76.8. The minimum absolute atomic E-state index is 0.0111. The molecule has 2 heterocycles. The molecule has 2 aromatic heterocycles. The van der Waals surface area contributed by atoms with Crippen molar-refractivity contribution in [2.24, 2.45) is 0 Å². The predicted octanol–water partition coefficient (Wildman–Crippen LogP) is -8.35. The van der Waals surface area contributed by atoms with Gasteiger partial charge < -0.3 is 166 Å². The van der Waals surface area contributed by atoms with Crippen LogP contribution in [0.3, 0.4) is 0 Å². The van der Waals surface area contributed by atoms with Gasteiger partial charge in [0.2, 0.25) is 65.0 Å². The Morgan fingerprint density at radius 2 is 0.781 bits per heavy atom. The molecule has 0 spiro atoms. The molecule has 1 aliphatic carbocycles. The molecule has 137 heavy (non-hydrogen) atoms. The first-order valence-corrected chi connectivity index (χ1v) is 47.5. The van der Waals surface area contributed by atoms with E-state index in [-0.39, 0.29) is 54.8 Å². The summed E-state index contributed by atoms with van der Waals surface area (Å²) in [5.41, 5.74) is 10.5. The van der Waals surface area contributed by atoms with Gasteiger partial charge in [0.1, 0.15) is 109 Å². The van der Waals surface area contributed by atoms with E-state index in [2.05, 4.69) is 68.1 Å². The Morgan fingerprint density at radius 3 is 1.20 bits per heavy atom. The Balaban J connectivity index is 1.35. The van der Waals surface area contributed by atoms with E-state index in [9.17, 15) is 174 Å². The van der Waals surface area contributed by atoms with Crippen LogP contribution in [0.25, 0.3) is 22.2 Å². The largest absolute Gasteiger partial charge is 0.481 e. The molecule has 50 nitrogen and oxygen atoms in total. The van der Waals surface area contributed by atoms with Gasteiger partial charge in [-0.3, -0.25) is 72.1 Å². The lowest BCUT2D eigenvalue weighted by Gasteiger charge is -2.28. The normalized spacial score (nSPS) is 16.0. The number of carbonyl (C=O) groups is 15. The van der Waals surface area contributed by atoms with Crippen molar-refractivity contribution in [1.82, 2.24) is 68.1 Å². The average Bonchev–Trinajstić information content (AvgIpc) is 1.61. The number of esters is 1. The van der Waals surface area contributed by atoms with Crippen LogP contribution >= 0.6 is 33.3 Å². The van der Waals surface area contributed by atoms with Crippen molar-refractivity contribution in [3.8, 4) is 11.1 Å². The van der Waals surface area contributed by atoms with Gasteiger partial charge >= 0.3 is 29.8 Å². The van der Waals surface area contributed by atoms with Crippen LogP contribution in [0, 0.1) is 0 Å². The molecular weight excluding hydrogens is 1880 g/mol. The van der Waals surface area contributed by atoms with Crippen LogP contribution in [-0.2, 0) is 83.1 Å². The molecule has 4 aromatic rings. The first kappa shape index (κ1) is 117. The van der Waals surface area contributed by atoms with Crippen LogP contribution in [0.2, 0.25) is 0 Å². The molecule has 0 aliphatic heterocycles. The third-order valence-electron chi connectivity index (χ3n) is 21.7. The Morgan fingerprint density at radius 1 is 0.409 bits per heavy atom. The van der Waals surface area contributed by atoms with Gasteiger partial charge in [-0.1, -0.05) is 89.4 Å². The number of benzene rings is 2. The monoisotopic (exact) mass is 2000 g/mol. The van der Waals surface area contributed by atoms with Gasteiger partial charge in [0.15, 0.2) is 0 Å². The van der Waals surface area contributed by atoms with Crippen molar-refractivity contribution < 1.29 is 174 Å². The van der Waals surface area contributed by atoms with Crippen LogP contribution in [-0.4, -0.2) is 386 Å². The number of anilines is 1. The molecule has 5 rings (SSSR count). The van der Waals surface area contributed by atoms with Crippen molar-refractivity contribution in [3.05, 3.63) is 81.8 Å². The highest BCUT2D eigenvalue weighted by atomic mass is 33.1. The number of amides is 10. The number of thioether (sulfide) groups is 1. The van der Waals surface area contributed by atoms with Crippen LogP contribution in [0.4, 0.5) is 5.95 Å². The molecule has 10 amide bonds. The third kappa shape index (κ3) is 40.6. The van der Waals surface area contributed by atoms with Crippen molar-refractivity contribution in [2.45, 2.75) is 250 Å². The van der Waals surface area contributed by atoms with E-state index >= 15 is 0 Å². The number of H-pyrrole nitrogens is 2. The summed E-state index contributed by atoms with van der Waals surface area (Å²) >= 11 is 1.37. The highest BCUT2D eigenvalue weighted by molar-refractivity contribution is 8.76. The molecule has 53 heteroatoms. The number of aromatic nitrogens is 3. The second-order valence-electron chi connectivity index (χ2n) is 32.2. The van der Waals surface area contributed by atoms with Gasteiger partial charge in [0.25, 0.3) is 5.56 Å². The number of carboxylic acids is 4. The summed E-state index contributed by atoms with van der Waals surface area (Å²) in [4.78, 5) is 224. The molecule has 0 saturated carbocycles. The van der Waals surface area contributed by atoms with E-state index in [1.807, 2.05) is 48.5 Å². The number of aliphatic hydroxyl groups is 15. The molecular formula is C84H124N14O36S3. The number of hydrogen-bond acceptors (Lipinski definition) is 37. The van der Waals surface area contributed by atoms with Gasteiger partial charge in [0, 0.05) is 106 Å². The van der Waals surface area contributed by atoms with Gasteiger partial charge in [-0.05, 0) is 86.1 Å². The number of carbonyl (C=O) groups excluding carboxylic acids is 11. The van der Waals surface area contributed by atoms with Crippen molar-refractivity contribution in [3.63, 3.8) is 0 Å². The zero-order chi connectivity index (χ0) is 102. The number of unbranched alkanes of at least 4 members (excludes halogenated alkanes) is 4. The maximum Gasteiger partial charge on any atom is 0.327 e. The standard InChI is InChI=1S/C84H124N14O36S3/c85-84-97-75-46(76(124)98-84)32-41(89-75)10-4-2-1-3-5-15-64(111)91-53(82(130)131)21-27-68(117)134-29-31-136-137-40-54(83(132)133)96-81(129)50(18-24-63(110)88-35-57(104)71(120)74(123)60(107)38-101)93-80(128)52(20-26-67(115)116)95-78(126)49(17-23-62(109)87-34-56(103)70(119)73(122)59(106)37-100)92-79(127)51(19-25-66(113)114)94-77(125)48(16-22-61(108)86-33-55(102)69(118)72(121)58(105)36-99)90-65(112)28-30-135-39-47-44-13-8-6-11-42(44)43-12-7-9-14-45(43)47/h6-9,11-14,32,47-60,69-74,99-107,118-123H,1-5,10,15-31,33-40H2,(H,86,108)(H,87,109)(H,88,110)(H,90,112)(H,91,111)(H,92,127)(H,93,128)(H,94,125)(H,95,126)(H,96,129)(H,113,114)(H,115,116)(H,130,131)(H,132,133)(H4,85,89,97,98,124)/t48-,49-,50-,51-,52-,53-,54?,55-,56-,57-,58+,59+,60+,69+,70+,71+,72+,73+,74+/m0/s1. The molecule has 0 saturated heterocycles. The molecule has 0 bridgehead atoms. The number of aliphatic hydroxyl groups excluding tert-OH is 15. The van der Waals surface area contributed by atoms with Crippen LogP contribution < -0.4 is 64.5 Å². The Kier molecular flexibility index (Phi) is 51.8. The molecule has 764 valence electrons. The first-order valence-electron chi connectivity index (χ1n) is 43.8. The molecule has 2 aromatic carbocycles. The number of carboxylic acid groups (broad SMARTS) is 4. The van der Waals surface area contributed by atoms with Crippen LogP contribution in [0.5, 0.6) is 0 Å². The number of nitrogens with two attached hydrogens (primary N) is 1. The second-order valence-corrected chi connectivity index (χ2v) is 36.0. The van der Waals surface area contributed by atoms with E-state index in [0.29, 0.717) is 36.0 Å². The summed E-state index contributed by atoms with van der Waals surface area (Å²) in [6, 6.07) is 3.31. The van der Waals surface area contributed by atoms with Gasteiger partial charge in [-0.15, -0.1) is 0 Å². The molecule has 0 radical (unpaired) electrons. The van der Waals surface area contributed by atoms with E-state index in [1.54, 1.807) is 6.07 Å². The Hall–Kier alpha value is -10.8. The minimum atomic E-state index is -2.23. The number of aryl methyl sites for hydroxylation is 1. The number of fused-ring (bicyclic) bond motifs is 4. The minimum Gasteiger partial charge on any atom is -0.481 e. The highest BCUT2D eigenvalue weighted by Crippen LogP contribution is 2.46. The number of hydrogen-bond donors (Lipinski definition) is 32. The van der Waals surface area contributed by atoms with Crippen LogP contribution in [0.1, 0.15) is 145 Å². The Labute approximate surface area is 794 Å². The quantitative estimate of drug-likeness (QED) is 0.0111. The second kappa shape index (κ2) is 60.8. The SMILES string of the molecule is Nc1nc2[nH]c(CCCCCCCC(=O)N[C@@H](CCC(=O)OCCSSCC(NC(=O)[C@H](CCC(=O)NC[C@H](O)[C@@H](O)[C@H](O)[C@H](O)CO)NC(=O)[C@H](CCC(=O)O)NC(=O)[C@H](CCC(=O)NC[C@H](O)[C@@H](O)[C@H](O)[C@H](O)CO)NC(=O)[C@H](CCC(=O)O)NC(=O)[C@H](CCC(=O)NC[C@H](O)[C@@H](O)[C@H](O)[C@H](O)CO)NC(=O)CCSCC3c4ccccc4-c4ccccc43)C(=O)O)C(=O)O)cc2c(=O)[nH]1. The molecule has 33 N–H and O–H groups in total. The van der Waals surface area contributed by atoms with Gasteiger partial charge in [0.05, 0.1) is 43.5 Å². The number of aromatic amines is 2. The number of aliphatic carboxylic acids is 4.